The zero-order valence-electron chi connectivity index (χ0n) is 14.1. The van der Waals surface area contributed by atoms with Gasteiger partial charge in [-0.2, -0.15) is 0 Å². The second-order valence-electron chi connectivity index (χ2n) is 6.29. The lowest BCUT2D eigenvalue weighted by atomic mass is 10.2. The number of nitrogens with zero attached hydrogens (tertiary/aromatic N) is 1. The molecule has 0 spiro atoms. The molecule has 0 saturated carbocycles. The number of amides is 3. The zero-order valence-corrected chi connectivity index (χ0v) is 14.1. The van der Waals surface area contributed by atoms with Crippen LogP contribution in [0, 0.1) is 0 Å². The van der Waals surface area contributed by atoms with E-state index >= 15 is 0 Å². The van der Waals surface area contributed by atoms with Crippen LogP contribution in [0.5, 0.6) is 5.75 Å². The van der Waals surface area contributed by atoms with E-state index in [0.717, 1.165) is 4.90 Å². The molecule has 1 aliphatic rings. The first-order valence-corrected chi connectivity index (χ1v) is 7.46. The Bertz CT molecular complexity index is 636. The van der Waals surface area contributed by atoms with Crippen molar-refractivity contribution in [3.8, 4) is 5.75 Å². The fraction of sp³-hybridized carbons (Fsp3) is 0.438. The van der Waals surface area contributed by atoms with E-state index in [1.165, 1.54) is 7.11 Å². The summed E-state index contributed by atoms with van der Waals surface area (Å²) < 4.78 is 10.1. The predicted molar refractivity (Wildman–Crippen MR) is 86.4 cm³/mol. The van der Waals surface area contributed by atoms with E-state index in [9.17, 15) is 14.4 Å². The third kappa shape index (κ3) is 4.23. The third-order valence-corrected chi connectivity index (χ3v) is 3.22. The fourth-order valence-electron chi connectivity index (χ4n) is 2.20. The number of hydrazine groups is 1. The first-order chi connectivity index (χ1) is 11.2. The minimum atomic E-state index is -0.841. The van der Waals surface area contributed by atoms with Crippen LogP contribution in [0.1, 0.15) is 27.2 Å². The van der Waals surface area contributed by atoms with Gasteiger partial charge in [-0.15, -0.1) is 0 Å². The molecule has 0 bridgehead atoms. The van der Waals surface area contributed by atoms with Crippen LogP contribution >= 0.6 is 0 Å². The SMILES string of the molecule is COc1ccc(N2C(=O)CC(NNC(=O)OC(C)(C)C)C2=O)cc1. The number of hydrogen-bond donors (Lipinski definition) is 2. The number of methoxy groups -OCH3 is 1. The molecule has 1 saturated heterocycles. The summed E-state index contributed by atoms with van der Waals surface area (Å²) in [6.45, 7) is 5.17. The summed E-state index contributed by atoms with van der Waals surface area (Å²) >= 11 is 0. The van der Waals surface area contributed by atoms with E-state index in [2.05, 4.69) is 10.9 Å². The van der Waals surface area contributed by atoms with Crippen molar-refractivity contribution in [3.05, 3.63) is 24.3 Å². The summed E-state index contributed by atoms with van der Waals surface area (Å²) in [5.74, 6) is -0.172. The lowest BCUT2D eigenvalue weighted by Gasteiger charge is -2.21. The normalized spacial score (nSPS) is 17.8. The smallest absolute Gasteiger partial charge is 0.422 e. The Morgan fingerprint density at radius 1 is 1.21 bits per heavy atom. The maximum Gasteiger partial charge on any atom is 0.422 e. The van der Waals surface area contributed by atoms with Gasteiger partial charge in [-0.1, -0.05) is 0 Å². The van der Waals surface area contributed by atoms with E-state index in [0.29, 0.717) is 11.4 Å². The average molecular weight is 335 g/mol. The van der Waals surface area contributed by atoms with Crippen LogP contribution < -0.4 is 20.5 Å². The first kappa shape index (κ1) is 17.7. The van der Waals surface area contributed by atoms with Crippen molar-refractivity contribution < 1.29 is 23.9 Å². The Balaban J connectivity index is 1.99. The van der Waals surface area contributed by atoms with Gasteiger partial charge in [-0.3, -0.25) is 15.0 Å². The molecular weight excluding hydrogens is 314 g/mol. The van der Waals surface area contributed by atoms with E-state index in [1.807, 2.05) is 0 Å². The minimum Gasteiger partial charge on any atom is -0.497 e. The lowest BCUT2D eigenvalue weighted by molar-refractivity contribution is -0.121. The molecule has 0 aliphatic carbocycles. The maximum absolute atomic E-state index is 12.4. The summed E-state index contributed by atoms with van der Waals surface area (Å²) in [4.78, 5) is 37.2. The van der Waals surface area contributed by atoms with Crippen molar-refractivity contribution in [1.29, 1.82) is 0 Å². The Morgan fingerprint density at radius 2 is 1.83 bits per heavy atom. The molecular formula is C16H21N3O5. The molecule has 3 amide bonds. The summed E-state index contributed by atoms with van der Waals surface area (Å²) in [5.41, 5.74) is 4.63. The Labute approximate surface area is 140 Å². The number of imide groups is 1. The van der Waals surface area contributed by atoms with E-state index < -0.39 is 23.6 Å². The number of carbonyl (C=O) groups is 3. The molecule has 1 aromatic carbocycles. The predicted octanol–water partition coefficient (Wildman–Crippen LogP) is 1.36. The zero-order chi connectivity index (χ0) is 17.9. The molecule has 1 aromatic rings. The highest BCUT2D eigenvalue weighted by molar-refractivity contribution is 6.22. The summed E-state index contributed by atoms with van der Waals surface area (Å²) in [6.07, 6.45) is -0.772. The molecule has 1 fully saturated rings. The number of benzene rings is 1. The van der Waals surface area contributed by atoms with Gasteiger partial charge < -0.3 is 9.47 Å². The van der Waals surface area contributed by atoms with Gasteiger partial charge in [0.2, 0.25) is 5.91 Å². The monoisotopic (exact) mass is 335 g/mol. The third-order valence-electron chi connectivity index (χ3n) is 3.22. The van der Waals surface area contributed by atoms with Crippen molar-refractivity contribution in [1.82, 2.24) is 10.9 Å². The Kier molecular flexibility index (Phi) is 5.08. The van der Waals surface area contributed by atoms with Crippen molar-refractivity contribution in [3.63, 3.8) is 0 Å². The topological polar surface area (TPSA) is 97.0 Å². The molecule has 0 radical (unpaired) electrons. The Morgan fingerprint density at radius 3 is 2.38 bits per heavy atom. The molecule has 1 aliphatic heterocycles. The van der Waals surface area contributed by atoms with Crippen LogP contribution in [-0.2, 0) is 14.3 Å². The molecule has 0 aromatic heterocycles. The lowest BCUT2D eigenvalue weighted by Crippen LogP contribution is -2.49. The van der Waals surface area contributed by atoms with E-state index in [-0.39, 0.29) is 12.3 Å². The minimum absolute atomic E-state index is 0.0549. The largest absolute Gasteiger partial charge is 0.497 e. The summed E-state index contributed by atoms with van der Waals surface area (Å²) in [6, 6.07) is 5.73. The summed E-state index contributed by atoms with van der Waals surface area (Å²) in [5, 5.41) is 0. The molecule has 1 atom stereocenters. The first-order valence-electron chi connectivity index (χ1n) is 7.46. The number of hydrogen-bond acceptors (Lipinski definition) is 6. The second-order valence-corrected chi connectivity index (χ2v) is 6.29. The van der Waals surface area contributed by atoms with Crippen LogP contribution in [0.4, 0.5) is 10.5 Å². The molecule has 2 rings (SSSR count). The van der Waals surface area contributed by atoms with E-state index in [1.54, 1.807) is 45.0 Å². The van der Waals surface area contributed by atoms with Gasteiger partial charge in [0.05, 0.1) is 19.2 Å². The quantitative estimate of drug-likeness (QED) is 0.637. The van der Waals surface area contributed by atoms with Crippen LogP contribution in [-0.4, -0.2) is 36.7 Å². The molecule has 130 valence electrons. The average Bonchev–Trinajstić information content (AvgIpc) is 2.78. The van der Waals surface area contributed by atoms with Gasteiger partial charge in [0.1, 0.15) is 17.4 Å². The van der Waals surface area contributed by atoms with Gasteiger partial charge in [-0.05, 0) is 45.0 Å². The van der Waals surface area contributed by atoms with Gasteiger partial charge in [0.15, 0.2) is 0 Å². The number of anilines is 1. The number of ether oxygens (including phenoxy) is 2. The highest BCUT2D eigenvalue weighted by Gasteiger charge is 2.39. The highest BCUT2D eigenvalue weighted by Crippen LogP contribution is 2.24. The van der Waals surface area contributed by atoms with Crippen molar-refractivity contribution in [2.45, 2.75) is 38.8 Å². The van der Waals surface area contributed by atoms with E-state index in [4.69, 9.17) is 9.47 Å². The van der Waals surface area contributed by atoms with Crippen LogP contribution in [0.2, 0.25) is 0 Å². The van der Waals surface area contributed by atoms with Crippen molar-refractivity contribution in [2.24, 2.45) is 0 Å². The van der Waals surface area contributed by atoms with Crippen LogP contribution in [0.3, 0.4) is 0 Å². The van der Waals surface area contributed by atoms with Gasteiger partial charge in [0, 0.05) is 0 Å². The standard InChI is InChI=1S/C16H21N3O5/c1-16(2,3)24-15(22)18-17-12-9-13(20)19(14(12)21)10-5-7-11(23-4)8-6-10/h5-8,12,17H,9H2,1-4H3,(H,18,22). The highest BCUT2D eigenvalue weighted by atomic mass is 16.6. The molecule has 8 nitrogen and oxygen atoms in total. The number of rotatable bonds is 4. The molecule has 1 heterocycles. The Hall–Kier alpha value is -2.61. The molecule has 24 heavy (non-hydrogen) atoms. The fourth-order valence-corrected chi connectivity index (χ4v) is 2.20. The van der Waals surface area contributed by atoms with Crippen molar-refractivity contribution >= 4 is 23.6 Å². The maximum atomic E-state index is 12.4. The second kappa shape index (κ2) is 6.88. The van der Waals surface area contributed by atoms with Gasteiger partial charge in [0.25, 0.3) is 5.91 Å². The van der Waals surface area contributed by atoms with Crippen LogP contribution in [0.25, 0.3) is 0 Å². The number of nitrogens with one attached hydrogen (secondary N) is 2. The summed E-state index contributed by atoms with van der Waals surface area (Å²) in [7, 11) is 1.53. The van der Waals surface area contributed by atoms with Gasteiger partial charge in [-0.25, -0.2) is 15.1 Å². The molecule has 1 unspecified atom stereocenters. The number of carbonyl (C=O) groups excluding carboxylic acids is 3. The van der Waals surface area contributed by atoms with Gasteiger partial charge >= 0.3 is 6.09 Å². The van der Waals surface area contributed by atoms with Crippen molar-refractivity contribution in [2.75, 3.05) is 12.0 Å². The molecule has 2 N–H and O–H groups in total. The van der Waals surface area contributed by atoms with Crippen LogP contribution in [0.15, 0.2) is 24.3 Å². The molecule has 8 heteroatoms.